The molecule has 8 nitrogen and oxygen atoms in total. The van der Waals surface area contributed by atoms with Gasteiger partial charge in [-0.3, -0.25) is 0 Å². The standard InChI is InChI=1S/C96H62N8/c1-8-26-63(27-9-1)77-59-85(65-29-10-2-11-30-65)98-88(60-77)84-55-54-64-28-22-23-43-80(64)90(84)69-48-52-74(53-49-69)95-102-93(72-39-20-7-21-40-72)103-96(104-95)76-42-24-41-75(58-76)79-44-25-45-83-82(79)57-56-81(78-61-86(66-31-12-3-13-32-66)97-87(62-78)67-33-14-4-15-34-67)89(83)68-46-50-73(51-47-68)94-100-91(70-35-16-5-17-36-70)99-92(101-94)71-37-18-6-19-38-71/h1-62H. The van der Waals surface area contributed by atoms with Gasteiger partial charge in [-0.2, -0.15) is 0 Å². The lowest BCUT2D eigenvalue weighted by molar-refractivity contribution is 1.07. The zero-order chi connectivity index (χ0) is 69.1. The van der Waals surface area contributed by atoms with Crippen molar-refractivity contribution < 1.29 is 0 Å². The van der Waals surface area contributed by atoms with Crippen molar-refractivity contribution in [3.63, 3.8) is 0 Å². The second-order valence-electron chi connectivity index (χ2n) is 25.8. The van der Waals surface area contributed by atoms with E-state index in [0.29, 0.717) is 34.9 Å². The van der Waals surface area contributed by atoms with Gasteiger partial charge in [0.2, 0.25) is 0 Å². The van der Waals surface area contributed by atoms with Crippen molar-refractivity contribution in [3.8, 4) is 169 Å². The van der Waals surface area contributed by atoms with Crippen molar-refractivity contribution in [2.24, 2.45) is 0 Å². The Balaban J connectivity index is 0.756. The van der Waals surface area contributed by atoms with Gasteiger partial charge in [-0.25, -0.2) is 39.9 Å². The van der Waals surface area contributed by atoms with E-state index in [9.17, 15) is 0 Å². The Morgan fingerprint density at radius 3 is 0.942 bits per heavy atom. The molecule has 0 N–H and O–H groups in total. The van der Waals surface area contributed by atoms with Gasteiger partial charge < -0.3 is 0 Å². The Hall–Kier alpha value is -14.1. The maximum atomic E-state index is 5.42. The number of fused-ring (bicyclic) bond motifs is 2. The van der Waals surface area contributed by atoms with Gasteiger partial charge in [0.15, 0.2) is 34.9 Å². The van der Waals surface area contributed by atoms with Crippen LogP contribution in [0.2, 0.25) is 0 Å². The zero-order valence-electron chi connectivity index (χ0n) is 56.4. The first kappa shape index (κ1) is 62.2. The Morgan fingerprint density at radius 2 is 0.462 bits per heavy atom. The summed E-state index contributed by atoms with van der Waals surface area (Å²) in [6.45, 7) is 0. The van der Waals surface area contributed by atoms with E-state index in [2.05, 4.69) is 279 Å². The molecule has 0 aliphatic heterocycles. The highest BCUT2D eigenvalue weighted by atomic mass is 15.0. The first-order valence-electron chi connectivity index (χ1n) is 34.9. The largest absolute Gasteiger partial charge is 0.248 e. The summed E-state index contributed by atoms with van der Waals surface area (Å²) in [4.78, 5) is 41.9. The van der Waals surface area contributed by atoms with Gasteiger partial charge >= 0.3 is 0 Å². The molecule has 0 fully saturated rings. The van der Waals surface area contributed by atoms with Crippen LogP contribution < -0.4 is 0 Å². The number of hydrogen-bond donors (Lipinski definition) is 0. The SMILES string of the molecule is c1ccc(-c2cc(-c3ccccc3)nc(-c3ccc4ccccc4c3-c3ccc(-c4nc(-c5ccccc5)nc(-c5cccc(-c6cccc7c(-c8ccc(-c9nc(-c%10ccccc%10)nc(-c%10ccccc%10)n9)cc8)c(-c8cc(-c9ccccc9)nc(-c9ccccc9)c8)ccc67)c5)n4)cc3)c2)cc1. The topological polar surface area (TPSA) is 103 Å². The molecule has 18 rings (SSSR count). The summed E-state index contributed by atoms with van der Waals surface area (Å²) in [6, 6.07) is 131. The molecule has 104 heavy (non-hydrogen) atoms. The third-order valence-electron chi connectivity index (χ3n) is 19.2. The van der Waals surface area contributed by atoms with Crippen molar-refractivity contribution in [1.82, 2.24) is 39.9 Å². The van der Waals surface area contributed by atoms with Crippen LogP contribution in [0.15, 0.2) is 376 Å². The van der Waals surface area contributed by atoms with E-state index in [1.165, 1.54) is 0 Å². The first-order valence-corrected chi connectivity index (χ1v) is 34.9. The molecule has 0 atom stereocenters. The lowest BCUT2D eigenvalue weighted by atomic mass is 9.86. The zero-order valence-corrected chi connectivity index (χ0v) is 56.4. The molecule has 0 spiro atoms. The van der Waals surface area contributed by atoms with Crippen molar-refractivity contribution in [2.75, 3.05) is 0 Å². The fourth-order valence-electron chi connectivity index (χ4n) is 14.1. The van der Waals surface area contributed by atoms with Crippen LogP contribution in [0, 0.1) is 0 Å². The molecular weight excluding hydrogens is 1270 g/mol. The molecule has 0 aliphatic rings. The molecule has 0 radical (unpaired) electrons. The van der Waals surface area contributed by atoms with Gasteiger partial charge in [0.1, 0.15) is 0 Å². The Kier molecular flexibility index (Phi) is 16.5. The van der Waals surface area contributed by atoms with Crippen LogP contribution in [0.3, 0.4) is 0 Å². The summed E-state index contributed by atoms with van der Waals surface area (Å²) in [5.74, 6) is 3.50. The molecule has 486 valence electrons. The van der Waals surface area contributed by atoms with Crippen LogP contribution in [0.5, 0.6) is 0 Å². The lowest BCUT2D eigenvalue weighted by Crippen LogP contribution is -2.00. The highest BCUT2D eigenvalue weighted by Gasteiger charge is 2.22. The van der Waals surface area contributed by atoms with E-state index in [1.807, 2.05) is 97.1 Å². The predicted molar refractivity (Wildman–Crippen MR) is 425 cm³/mol. The molecule has 0 unspecified atom stereocenters. The molecule has 14 aromatic carbocycles. The summed E-state index contributed by atoms with van der Waals surface area (Å²) in [5.41, 5.74) is 23.7. The minimum absolute atomic E-state index is 0.559. The number of rotatable bonds is 15. The van der Waals surface area contributed by atoms with E-state index in [0.717, 1.165) is 156 Å². The van der Waals surface area contributed by atoms with Gasteiger partial charge in [0.25, 0.3) is 0 Å². The maximum absolute atomic E-state index is 5.42. The van der Waals surface area contributed by atoms with Gasteiger partial charge in [-0.1, -0.05) is 346 Å². The van der Waals surface area contributed by atoms with Crippen LogP contribution in [0.25, 0.3) is 191 Å². The molecule has 4 aromatic heterocycles. The fourth-order valence-corrected chi connectivity index (χ4v) is 14.1. The summed E-state index contributed by atoms with van der Waals surface area (Å²) in [7, 11) is 0. The van der Waals surface area contributed by atoms with Gasteiger partial charge in [-0.15, -0.1) is 0 Å². The number of aromatic nitrogens is 8. The fraction of sp³-hybridized carbons (Fsp3) is 0. The van der Waals surface area contributed by atoms with E-state index in [-0.39, 0.29) is 0 Å². The van der Waals surface area contributed by atoms with Crippen LogP contribution in [0.4, 0.5) is 0 Å². The van der Waals surface area contributed by atoms with Gasteiger partial charge in [0, 0.05) is 55.6 Å². The van der Waals surface area contributed by atoms with E-state index < -0.39 is 0 Å². The smallest absolute Gasteiger partial charge is 0.164 e. The highest BCUT2D eigenvalue weighted by Crippen LogP contribution is 2.45. The molecule has 8 heteroatoms. The first-order chi connectivity index (χ1) is 51.5. The number of pyridine rings is 2. The molecule has 18 aromatic rings. The molecule has 0 saturated heterocycles. The van der Waals surface area contributed by atoms with E-state index >= 15 is 0 Å². The third-order valence-corrected chi connectivity index (χ3v) is 19.2. The van der Waals surface area contributed by atoms with Crippen molar-refractivity contribution in [1.29, 1.82) is 0 Å². The van der Waals surface area contributed by atoms with Crippen LogP contribution in [0.1, 0.15) is 0 Å². The lowest BCUT2D eigenvalue weighted by Gasteiger charge is -2.18. The second kappa shape index (κ2) is 27.6. The summed E-state index contributed by atoms with van der Waals surface area (Å²) in [6.07, 6.45) is 0. The molecule has 0 aliphatic carbocycles. The number of hydrogen-bond acceptors (Lipinski definition) is 8. The third kappa shape index (κ3) is 12.5. The van der Waals surface area contributed by atoms with Gasteiger partial charge in [-0.05, 0) is 108 Å². The number of benzene rings is 14. The van der Waals surface area contributed by atoms with E-state index in [1.54, 1.807) is 0 Å². The molecule has 0 bridgehead atoms. The average molecular weight is 1330 g/mol. The highest BCUT2D eigenvalue weighted by molar-refractivity contribution is 6.10. The Bertz CT molecular complexity index is 5990. The minimum atomic E-state index is 0.559. The van der Waals surface area contributed by atoms with Crippen molar-refractivity contribution in [2.45, 2.75) is 0 Å². The van der Waals surface area contributed by atoms with Gasteiger partial charge in [0.05, 0.1) is 22.8 Å². The molecule has 0 amide bonds. The molecule has 4 heterocycles. The molecular formula is C96H62N8. The Morgan fingerprint density at radius 1 is 0.135 bits per heavy atom. The normalized spacial score (nSPS) is 11.3. The number of nitrogens with zero attached hydrogens (tertiary/aromatic N) is 8. The Labute approximate surface area is 602 Å². The van der Waals surface area contributed by atoms with Crippen LogP contribution in [-0.2, 0) is 0 Å². The second-order valence-corrected chi connectivity index (χ2v) is 25.8. The summed E-state index contributed by atoms with van der Waals surface area (Å²) in [5, 5.41) is 4.44. The van der Waals surface area contributed by atoms with E-state index in [4.69, 9.17) is 39.9 Å². The van der Waals surface area contributed by atoms with Crippen molar-refractivity contribution in [3.05, 3.63) is 376 Å². The monoisotopic (exact) mass is 1330 g/mol. The summed E-state index contributed by atoms with van der Waals surface area (Å²) >= 11 is 0. The molecule has 0 saturated carbocycles. The minimum Gasteiger partial charge on any atom is -0.248 e. The predicted octanol–water partition coefficient (Wildman–Crippen LogP) is 24.2. The van der Waals surface area contributed by atoms with Crippen LogP contribution in [-0.4, -0.2) is 39.9 Å². The van der Waals surface area contributed by atoms with Crippen molar-refractivity contribution >= 4 is 21.5 Å². The quantitative estimate of drug-likeness (QED) is 0.1000. The van der Waals surface area contributed by atoms with Crippen LogP contribution >= 0.6 is 0 Å². The maximum Gasteiger partial charge on any atom is 0.164 e. The summed E-state index contributed by atoms with van der Waals surface area (Å²) < 4.78 is 0. The average Bonchev–Trinajstić information content (AvgIpc) is 0.761.